The maximum Gasteiger partial charge on any atom is 0.255 e. The summed E-state index contributed by atoms with van der Waals surface area (Å²) in [4.78, 5) is 24.7. The maximum atomic E-state index is 12.1. The van der Waals surface area contributed by atoms with Crippen molar-refractivity contribution in [1.82, 2.24) is 14.9 Å². The van der Waals surface area contributed by atoms with Crippen LogP contribution < -0.4 is 5.32 Å². The van der Waals surface area contributed by atoms with Gasteiger partial charge in [0.05, 0.1) is 11.4 Å². The van der Waals surface area contributed by atoms with Gasteiger partial charge in [-0.05, 0) is 25.0 Å². The normalized spacial score (nSPS) is 20.8. The molecule has 2 aliphatic rings. The van der Waals surface area contributed by atoms with Crippen molar-refractivity contribution in [2.45, 2.75) is 38.5 Å². The molecule has 0 aliphatic carbocycles. The highest BCUT2D eigenvalue weighted by Crippen LogP contribution is 2.29. The number of amides is 1. The molecule has 2 aromatic rings. The molecule has 0 bridgehead atoms. The van der Waals surface area contributed by atoms with E-state index in [0.717, 1.165) is 50.3 Å². The number of carbonyl (C=O) groups is 1. The first-order valence-corrected chi connectivity index (χ1v) is 9.13. The Balaban J connectivity index is 1.39. The van der Waals surface area contributed by atoms with Crippen molar-refractivity contribution >= 4 is 22.4 Å². The van der Waals surface area contributed by atoms with Crippen LogP contribution in [0.2, 0.25) is 0 Å². The summed E-state index contributed by atoms with van der Waals surface area (Å²) in [7, 11) is 0. The third-order valence-electron chi connectivity index (χ3n) is 4.37. The van der Waals surface area contributed by atoms with E-state index in [2.05, 4.69) is 26.3 Å². The van der Waals surface area contributed by atoms with Gasteiger partial charge in [0.2, 0.25) is 0 Å². The van der Waals surface area contributed by atoms with Crippen molar-refractivity contribution in [2.24, 2.45) is 0 Å². The summed E-state index contributed by atoms with van der Waals surface area (Å²) in [6.07, 6.45) is 4.18. The van der Waals surface area contributed by atoms with Gasteiger partial charge in [0.25, 0.3) is 5.91 Å². The molecule has 1 unspecified atom stereocenters. The van der Waals surface area contributed by atoms with Crippen molar-refractivity contribution in [3.05, 3.63) is 40.7 Å². The number of carbonyl (C=O) groups excluding carboxylic acids is 1. The molecule has 1 atom stereocenters. The Bertz CT molecular complexity index is 713. The van der Waals surface area contributed by atoms with Gasteiger partial charge < -0.3 is 4.74 Å². The molecule has 1 amide bonds. The number of ether oxygens (including phenoxy) is 1. The lowest BCUT2D eigenvalue weighted by Gasteiger charge is -2.25. The largest absolute Gasteiger partial charge is 0.368 e. The van der Waals surface area contributed by atoms with E-state index in [0.29, 0.717) is 11.7 Å². The molecule has 0 aromatic carbocycles. The Morgan fingerprint density at radius 3 is 3.21 bits per heavy atom. The van der Waals surface area contributed by atoms with Gasteiger partial charge in [-0.25, -0.2) is 4.98 Å². The highest BCUT2D eigenvalue weighted by atomic mass is 32.1. The van der Waals surface area contributed by atoms with Crippen LogP contribution in [0.4, 0.5) is 5.13 Å². The highest BCUT2D eigenvalue weighted by Gasteiger charge is 2.26. The summed E-state index contributed by atoms with van der Waals surface area (Å²) in [6, 6.07) is 6.00. The van der Waals surface area contributed by atoms with E-state index >= 15 is 0 Å². The maximum absolute atomic E-state index is 12.1. The van der Waals surface area contributed by atoms with E-state index in [4.69, 9.17) is 4.74 Å². The van der Waals surface area contributed by atoms with Crippen LogP contribution in [-0.2, 0) is 29.0 Å². The van der Waals surface area contributed by atoms with Crippen molar-refractivity contribution in [1.29, 1.82) is 0 Å². The molecular formula is C17H20N4O2S. The molecule has 1 saturated heterocycles. The first-order chi connectivity index (χ1) is 11.8. The van der Waals surface area contributed by atoms with Crippen LogP contribution >= 0.6 is 11.3 Å². The van der Waals surface area contributed by atoms with Crippen molar-refractivity contribution in [2.75, 3.05) is 18.5 Å². The molecule has 2 aliphatic heterocycles. The van der Waals surface area contributed by atoms with Gasteiger partial charge in [0, 0.05) is 43.7 Å². The second-order valence-corrected chi connectivity index (χ2v) is 7.25. The number of nitrogens with one attached hydrogen (secondary N) is 1. The second kappa shape index (κ2) is 6.96. The van der Waals surface area contributed by atoms with Gasteiger partial charge in [-0.1, -0.05) is 6.07 Å². The number of aromatic nitrogens is 2. The predicted octanol–water partition coefficient (Wildman–Crippen LogP) is 2.21. The van der Waals surface area contributed by atoms with E-state index < -0.39 is 0 Å². The topological polar surface area (TPSA) is 67.4 Å². The van der Waals surface area contributed by atoms with Gasteiger partial charge in [-0.15, -0.1) is 11.3 Å². The molecule has 126 valence electrons. The molecule has 4 heterocycles. The van der Waals surface area contributed by atoms with E-state index in [9.17, 15) is 4.79 Å². The van der Waals surface area contributed by atoms with Crippen LogP contribution in [0.3, 0.4) is 0 Å². The van der Waals surface area contributed by atoms with Gasteiger partial charge in [0.1, 0.15) is 6.10 Å². The molecule has 0 spiro atoms. The highest BCUT2D eigenvalue weighted by molar-refractivity contribution is 7.15. The van der Waals surface area contributed by atoms with Gasteiger partial charge in [-0.3, -0.25) is 20.0 Å². The minimum absolute atomic E-state index is 0.0658. The van der Waals surface area contributed by atoms with Gasteiger partial charge in [0.15, 0.2) is 5.13 Å². The minimum Gasteiger partial charge on any atom is -0.368 e. The van der Waals surface area contributed by atoms with Crippen LogP contribution in [0.15, 0.2) is 24.4 Å². The summed E-state index contributed by atoms with van der Waals surface area (Å²) in [5, 5.41) is 3.61. The lowest BCUT2D eigenvalue weighted by Crippen LogP contribution is -2.29. The van der Waals surface area contributed by atoms with Crippen molar-refractivity contribution < 1.29 is 9.53 Å². The fraction of sp³-hybridized carbons (Fsp3) is 0.471. The standard InChI is InChI=1S/C17H20N4O2S/c22-16(14-5-3-9-23-14)20-17-19-13-6-8-21(11-15(13)24-17)10-12-4-1-2-7-18-12/h1-2,4,7,14H,3,5-6,8-11H2,(H,19,20,22). The van der Waals surface area contributed by atoms with E-state index in [1.807, 2.05) is 18.3 Å². The summed E-state index contributed by atoms with van der Waals surface area (Å²) < 4.78 is 5.42. The van der Waals surface area contributed by atoms with Gasteiger partial charge in [-0.2, -0.15) is 0 Å². The zero-order chi connectivity index (χ0) is 16.4. The second-order valence-electron chi connectivity index (χ2n) is 6.16. The molecule has 0 radical (unpaired) electrons. The molecule has 1 fully saturated rings. The Kier molecular flexibility index (Phi) is 4.55. The van der Waals surface area contributed by atoms with Gasteiger partial charge >= 0.3 is 0 Å². The number of pyridine rings is 1. The first-order valence-electron chi connectivity index (χ1n) is 8.31. The predicted molar refractivity (Wildman–Crippen MR) is 91.8 cm³/mol. The zero-order valence-electron chi connectivity index (χ0n) is 13.4. The first kappa shape index (κ1) is 15.7. The van der Waals surface area contributed by atoms with Crippen LogP contribution in [0.1, 0.15) is 29.1 Å². The Labute approximate surface area is 144 Å². The quantitative estimate of drug-likeness (QED) is 0.921. The fourth-order valence-electron chi connectivity index (χ4n) is 3.13. The Morgan fingerprint density at radius 2 is 2.42 bits per heavy atom. The van der Waals surface area contributed by atoms with Crippen molar-refractivity contribution in [3.8, 4) is 0 Å². The number of nitrogens with zero attached hydrogens (tertiary/aromatic N) is 3. The molecular weight excluding hydrogens is 324 g/mol. The van der Waals surface area contributed by atoms with Crippen LogP contribution in [0, 0.1) is 0 Å². The smallest absolute Gasteiger partial charge is 0.255 e. The van der Waals surface area contributed by atoms with E-state index in [1.54, 1.807) is 11.3 Å². The molecule has 7 heteroatoms. The number of hydrogen-bond donors (Lipinski definition) is 1. The summed E-state index contributed by atoms with van der Waals surface area (Å²) in [5.74, 6) is -0.0658. The molecule has 4 rings (SSSR count). The van der Waals surface area contributed by atoms with E-state index in [-0.39, 0.29) is 12.0 Å². The van der Waals surface area contributed by atoms with Crippen LogP contribution in [-0.4, -0.2) is 40.0 Å². The van der Waals surface area contributed by atoms with Crippen LogP contribution in [0.5, 0.6) is 0 Å². The number of thiazole rings is 1. The summed E-state index contributed by atoms with van der Waals surface area (Å²) in [6.45, 7) is 3.34. The zero-order valence-corrected chi connectivity index (χ0v) is 14.2. The Morgan fingerprint density at radius 1 is 1.46 bits per heavy atom. The third-order valence-corrected chi connectivity index (χ3v) is 5.37. The van der Waals surface area contributed by atoms with E-state index in [1.165, 1.54) is 4.88 Å². The summed E-state index contributed by atoms with van der Waals surface area (Å²) in [5.41, 5.74) is 2.19. The lowest BCUT2D eigenvalue weighted by molar-refractivity contribution is -0.124. The molecule has 1 N–H and O–H groups in total. The number of anilines is 1. The fourth-order valence-corrected chi connectivity index (χ4v) is 4.18. The van der Waals surface area contributed by atoms with Crippen LogP contribution in [0.25, 0.3) is 0 Å². The number of hydrogen-bond acceptors (Lipinski definition) is 6. The molecule has 2 aromatic heterocycles. The molecule has 0 saturated carbocycles. The van der Waals surface area contributed by atoms with Crippen molar-refractivity contribution in [3.63, 3.8) is 0 Å². The molecule has 6 nitrogen and oxygen atoms in total. The average molecular weight is 344 g/mol. The SMILES string of the molecule is O=C(Nc1nc2c(s1)CN(Cc1ccccn1)CC2)C1CCCO1. The minimum atomic E-state index is -0.313. The molecule has 24 heavy (non-hydrogen) atoms. The average Bonchev–Trinajstić information content (AvgIpc) is 3.24. The lowest BCUT2D eigenvalue weighted by atomic mass is 10.1. The monoisotopic (exact) mass is 344 g/mol. The third kappa shape index (κ3) is 3.48. The summed E-state index contributed by atoms with van der Waals surface area (Å²) >= 11 is 1.58. The Hall–Kier alpha value is -1.83. The number of rotatable bonds is 4. The number of fused-ring (bicyclic) bond motifs is 1.